The topological polar surface area (TPSA) is 43.8 Å². The molecular weight excluding hydrogens is 186 g/mol. The average Bonchev–Trinajstić information content (AvgIpc) is 3.01. The molecule has 0 aliphatic heterocycles. The van der Waals surface area contributed by atoms with Gasteiger partial charge in [-0.25, -0.2) is 0 Å². The molecule has 3 heteroatoms. The van der Waals surface area contributed by atoms with Crippen LogP contribution in [0.2, 0.25) is 0 Å². The third-order valence-electron chi connectivity index (χ3n) is 3.29. The van der Waals surface area contributed by atoms with E-state index in [0.717, 1.165) is 36.7 Å². The second kappa shape index (κ2) is 4.25. The Bertz CT molecular complexity index is 337. The van der Waals surface area contributed by atoms with Crippen LogP contribution in [0.4, 0.5) is 5.69 Å². The van der Waals surface area contributed by atoms with Crippen molar-refractivity contribution < 1.29 is 0 Å². The van der Waals surface area contributed by atoms with Gasteiger partial charge in [-0.1, -0.05) is 26.7 Å². The van der Waals surface area contributed by atoms with Crippen molar-refractivity contribution in [2.45, 2.75) is 52.5 Å². The largest absolute Gasteiger partial charge is 0.396 e. The van der Waals surface area contributed by atoms with E-state index in [4.69, 9.17) is 5.73 Å². The molecule has 1 heterocycles. The average molecular weight is 207 g/mol. The van der Waals surface area contributed by atoms with Gasteiger partial charge in [-0.05, 0) is 25.2 Å². The van der Waals surface area contributed by atoms with E-state index in [9.17, 15) is 0 Å². The van der Waals surface area contributed by atoms with E-state index in [-0.39, 0.29) is 0 Å². The lowest BCUT2D eigenvalue weighted by molar-refractivity contribution is 0.525. The highest BCUT2D eigenvalue weighted by Gasteiger charge is 2.22. The van der Waals surface area contributed by atoms with Gasteiger partial charge in [-0.3, -0.25) is 4.68 Å². The molecule has 2 N–H and O–H groups in total. The highest BCUT2D eigenvalue weighted by Crippen LogP contribution is 2.33. The molecule has 1 saturated carbocycles. The number of aromatic nitrogens is 2. The molecule has 0 amide bonds. The molecule has 15 heavy (non-hydrogen) atoms. The van der Waals surface area contributed by atoms with Crippen molar-refractivity contribution in [3.63, 3.8) is 0 Å². The highest BCUT2D eigenvalue weighted by molar-refractivity contribution is 5.48. The van der Waals surface area contributed by atoms with Gasteiger partial charge in [0.15, 0.2) is 0 Å². The molecule has 0 saturated heterocycles. The fourth-order valence-electron chi connectivity index (χ4n) is 2.10. The zero-order valence-electron chi connectivity index (χ0n) is 9.79. The van der Waals surface area contributed by atoms with Gasteiger partial charge < -0.3 is 5.73 Å². The minimum atomic E-state index is 0.927. The maximum Gasteiger partial charge on any atom is 0.0854 e. The second-order valence-corrected chi connectivity index (χ2v) is 4.47. The smallest absolute Gasteiger partial charge is 0.0854 e. The van der Waals surface area contributed by atoms with Crippen LogP contribution in [-0.2, 0) is 19.4 Å². The summed E-state index contributed by atoms with van der Waals surface area (Å²) in [5, 5.41) is 4.59. The first-order valence-electron chi connectivity index (χ1n) is 6.10. The van der Waals surface area contributed by atoms with Crippen molar-refractivity contribution in [1.82, 2.24) is 9.78 Å². The van der Waals surface area contributed by atoms with Gasteiger partial charge in [0.1, 0.15) is 0 Å². The van der Waals surface area contributed by atoms with Crippen LogP contribution in [0.1, 0.15) is 44.5 Å². The Hall–Kier alpha value is -0.990. The van der Waals surface area contributed by atoms with Crippen LogP contribution in [0.3, 0.4) is 0 Å². The first-order valence-corrected chi connectivity index (χ1v) is 6.10. The van der Waals surface area contributed by atoms with Crippen LogP contribution in [0, 0.1) is 5.92 Å². The Morgan fingerprint density at radius 2 is 2.07 bits per heavy atom. The van der Waals surface area contributed by atoms with Crippen molar-refractivity contribution in [2.75, 3.05) is 5.73 Å². The van der Waals surface area contributed by atoms with Crippen molar-refractivity contribution in [3.8, 4) is 0 Å². The van der Waals surface area contributed by atoms with Crippen LogP contribution < -0.4 is 5.73 Å². The summed E-state index contributed by atoms with van der Waals surface area (Å²) in [7, 11) is 0. The van der Waals surface area contributed by atoms with Gasteiger partial charge in [0.2, 0.25) is 0 Å². The zero-order chi connectivity index (χ0) is 10.8. The molecule has 0 aromatic carbocycles. The number of hydrogen-bond acceptors (Lipinski definition) is 2. The SMILES string of the molecule is CCc1nn(CCC2CC2)c(CC)c1N. The number of hydrogen-bond donors (Lipinski definition) is 1. The standard InChI is InChI=1S/C12H21N3/c1-3-10-12(13)11(4-2)15(14-10)8-7-9-5-6-9/h9H,3-8,13H2,1-2H3. The van der Waals surface area contributed by atoms with E-state index >= 15 is 0 Å². The molecule has 1 fully saturated rings. The molecule has 1 aromatic heterocycles. The molecule has 0 unspecified atom stereocenters. The lowest BCUT2D eigenvalue weighted by Gasteiger charge is -2.05. The van der Waals surface area contributed by atoms with Crippen molar-refractivity contribution in [2.24, 2.45) is 5.92 Å². The summed E-state index contributed by atoms with van der Waals surface area (Å²) in [6.45, 7) is 5.32. The summed E-state index contributed by atoms with van der Waals surface area (Å²) in [5.41, 5.74) is 9.29. The van der Waals surface area contributed by atoms with Crippen LogP contribution in [0.15, 0.2) is 0 Å². The summed E-state index contributed by atoms with van der Waals surface area (Å²) in [4.78, 5) is 0. The van der Waals surface area contributed by atoms with Gasteiger partial charge in [-0.2, -0.15) is 5.10 Å². The van der Waals surface area contributed by atoms with Gasteiger partial charge in [0.05, 0.1) is 17.1 Å². The van der Waals surface area contributed by atoms with Crippen LogP contribution in [0.5, 0.6) is 0 Å². The minimum absolute atomic E-state index is 0.927. The van der Waals surface area contributed by atoms with Gasteiger partial charge in [-0.15, -0.1) is 0 Å². The Morgan fingerprint density at radius 3 is 2.60 bits per heavy atom. The molecule has 3 nitrogen and oxygen atoms in total. The maximum absolute atomic E-state index is 6.06. The fourth-order valence-corrected chi connectivity index (χ4v) is 2.10. The van der Waals surface area contributed by atoms with Crippen molar-refractivity contribution in [3.05, 3.63) is 11.4 Å². The Balaban J connectivity index is 2.12. The monoisotopic (exact) mass is 207 g/mol. The number of rotatable bonds is 5. The lowest BCUT2D eigenvalue weighted by atomic mass is 10.2. The molecule has 1 aliphatic carbocycles. The molecule has 84 valence electrons. The number of anilines is 1. The molecule has 0 spiro atoms. The summed E-state index contributed by atoms with van der Waals surface area (Å²) in [6, 6.07) is 0. The molecular formula is C12H21N3. The lowest BCUT2D eigenvalue weighted by Crippen LogP contribution is -2.06. The summed E-state index contributed by atoms with van der Waals surface area (Å²) in [5.74, 6) is 0.963. The summed E-state index contributed by atoms with van der Waals surface area (Å²) >= 11 is 0. The first kappa shape index (κ1) is 10.5. The number of nitrogen functional groups attached to an aromatic ring is 1. The number of aryl methyl sites for hydroxylation is 2. The predicted molar refractivity (Wildman–Crippen MR) is 62.7 cm³/mol. The van der Waals surface area contributed by atoms with E-state index in [1.165, 1.54) is 25.0 Å². The molecule has 0 radical (unpaired) electrons. The second-order valence-electron chi connectivity index (χ2n) is 4.47. The van der Waals surface area contributed by atoms with Crippen LogP contribution in [0.25, 0.3) is 0 Å². The van der Waals surface area contributed by atoms with Gasteiger partial charge in [0, 0.05) is 6.54 Å². The maximum atomic E-state index is 6.06. The Labute approximate surface area is 91.7 Å². The van der Waals surface area contributed by atoms with E-state index in [1.807, 2.05) is 0 Å². The van der Waals surface area contributed by atoms with Gasteiger partial charge in [0.25, 0.3) is 0 Å². The van der Waals surface area contributed by atoms with Crippen LogP contribution in [-0.4, -0.2) is 9.78 Å². The molecule has 0 atom stereocenters. The fraction of sp³-hybridized carbons (Fsp3) is 0.750. The quantitative estimate of drug-likeness (QED) is 0.805. The first-order chi connectivity index (χ1) is 7.26. The third kappa shape index (κ3) is 2.16. The minimum Gasteiger partial charge on any atom is -0.396 e. The zero-order valence-corrected chi connectivity index (χ0v) is 9.79. The Morgan fingerprint density at radius 1 is 1.33 bits per heavy atom. The van der Waals surface area contributed by atoms with E-state index in [2.05, 4.69) is 23.6 Å². The Kier molecular flexibility index (Phi) is 2.98. The molecule has 2 rings (SSSR count). The van der Waals surface area contributed by atoms with E-state index in [1.54, 1.807) is 0 Å². The predicted octanol–water partition coefficient (Wildman–Crippen LogP) is 2.39. The molecule has 0 bridgehead atoms. The van der Waals surface area contributed by atoms with Crippen molar-refractivity contribution >= 4 is 5.69 Å². The number of nitrogens with two attached hydrogens (primary N) is 1. The van der Waals surface area contributed by atoms with E-state index in [0.29, 0.717) is 0 Å². The van der Waals surface area contributed by atoms with E-state index < -0.39 is 0 Å². The molecule has 1 aliphatic rings. The molecule has 1 aromatic rings. The highest BCUT2D eigenvalue weighted by atomic mass is 15.3. The normalized spacial score (nSPS) is 15.9. The summed E-state index contributed by atoms with van der Waals surface area (Å²) < 4.78 is 2.13. The van der Waals surface area contributed by atoms with Gasteiger partial charge >= 0.3 is 0 Å². The summed E-state index contributed by atoms with van der Waals surface area (Å²) in [6.07, 6.45) is 6.04. The number of nitrogens with zero attached hydrogens (tertiary/aromatic N) is 2. The van der Waals surface area contributed by atoms with Crippen molar-refractivity contribution in [1.29, 1.82) is 0 Å². The third-order valence-corrected chi connectivity index (χ3v) is 3.29. The van der Waals surface area contributed by atoms with Crippen LogP contribution >= 0.6 is 0 Å².